The molecule has 2 aromatic rings. The van der Waals surface area contributed by atoms with Crippen LogP contribution in [0.3, 0.4) is 0 Å². The third-order valence-electron chi connectivity index (χ3n) is 4.49. The van der Waals surface area contributed by atoms with Gasteiger partial charge in [-0.1, -0.05) is 23.2 Å². The SMILES string of the molecule is N#Cc1ccc(Oc2cc(Cl)cc(Cl)c2)c(S(=O)(=O)N2CCNC(CCN)C2)c1. The maximum Gasteiger partial charge on any atom is 0.246 e. The fourth-order valence-corrected chi connectivity index (χ4v) is 5.26. The molecule has 154 valence electrons. The van der Waals surface area contributed by atoms with E-state index < -0.39 is 10.0 Å². The Balaban J connectivity index is 1.99. The van der Waals surface area contributed by atoms with E-state index in [1.807, 2.05) is 6.07 Å². The molecule has 7 nitrogen and oxygen atoms in total. The Hall–Kier alpha value is -1.86. The van der Waals surface area contributed by atoms with Crippen LogP contribution in [0.5, 0.6) is 11.5 Å². The molecule has 3 N–H and O–H groups in total. The van der Waals surface area contributed by atoms with Crippen molar-refractivity contribution >= 4 is 33.2 Å². The maximum absolute atomic E-state index is 13.4. The number of piperazine rings is 1. The zero-order valence-electron chi connectivity index (χ0n) is 15.4. The average molecular weight is 455 g/mol. The zero-order valence-corrected chi connectivity index (χ0v) is 17.8. The largest absolute Gasteiger partial charge is 0.456 e. The molecule has 0 spiro atoms. The van der Waals surface area contributed by atoms with Crippen molar-refractivity contribution in [3.63, 3.8) is 0 Å². The molecule has 1 heterocycles. The molecular formula is C19H20Cl2N4O3S. The molecule has 1 aliphatic heterocycles. The second-order valence-electron chi connectivity index (χ2n) is 6.57. The minimum Gasteiger partial charge on any atom is -0.456 e. The minimum atomic E-state index is -3.91. The molecule has 0 aromatic heterocycles. The molecule has 0 saturated carbocycles. The maximum atomic E-state index is 13.4. The van der Waals surface area contributed by atoms with Gasteiger partial charge in [-0.2, -0.15) is 9.57 Å². The molecular weight excluding hydrogens is 435 g/mol. The summed E-state index contributed by atoms with van der Waals surface area (Å²) in [6.45, 7) is 1.57. The van der Waals surface area contributed by atoms with Gasteiger partial charge in [0.15, 0.2) is 0 Å². The lowest BCUT2D eigenvalue weighted by Crippen LogP contribution is -2.53. The number of sulfonamides is 1. The van der Waals surface area contributed by atoms with Crippen LogP contribution in [0.25, 0.3) is 0 Å². The second-order valence-corrected chi connectivity index (χ2v) is 9.35. The summed E-state index contributed by atoms with van der Waals surface area (Å²) in [6, 6.07) is 10.8. The van der Waals surface area contributed by atoms with Gasteiger partial charge in [-0.25, -0.2) is 8.42 Å². The highest BCUT2D eigenvalue weighted by atomic mass is 35.5. The molecule has 0 radical (unpaired) electrons. The van der Waals surface area contributed by atoms with Gasteiger partial charge in [-0.15, -0.1) is 0 Å². The quantitative estimate of drug-likeness (QED) is 0.694. The molecule has 29 heavy (non-hydrogen) atoms. The summed E-state index contributed by atoms with van der Waals surface area (Å²) in [6.07, 6.45) is 0.661. The number of rotatable bonds is 6. The van der Waals surface area contributed by atoms with Gasteiger partial charge in [0, 0.05) is 35.7 Å². The summed E-state index contributed by atoms with van der Waals surface area (Å²) >= 11 is 12.0. The van der Waals surface area contributed by atoms with E-state index in [-0.39, 0.29) is 22.3 Å². The molecule has 0 bridgehead atoms. The van der Waals surface area contributed by atoms with Gasteiger partial charge < -0.3 is 15.8 Å². The molecule has 1 saturated heterocycles. The van der Waals surface area contributed by atoms with Crippen molar-refractivity contribution in [1.82, 2.24) is 9.62 Å². The smallest absolute Gasteiger partial charge is 0.246 e. The fourth-order valence-electron chi connectivity index (χ4n) is 3.12. The van der Waals surface area contributed by atoms with E-state index >= 15 is 0 Å². The Morgan fingerprint density at radius 3 is 2.62 bits per heavy atom. The number of hydrogen-bond acceptors (Lipinski definition) is 6. The first-order valence-electron chi connectivity index (χ1n) is 8.95. The summed E-state index contributed by atoms with van der Waals surface area (Å²) in [7, 11) is -3.91. The van der Waals surface area contributed by atoms with Crippen molar-refractivity contribution in [1.29, 1.82) is 5.26 Å². The summed E-state index contributed by atoms with van der Waals surface area (Å²) < 4.78 is 33.9. The molecule has 1 fully saturated rings. The second kappa shape index (κ2) is 9.30. The van der Waals surface area contributed by atoms with Crippen LogP contribution in [0.2, 0.25) is 10.0 Å². The topological polar surface area (TPSA) is 108 Å². The standard InChI is InChI=1S/C19H20Cl2N4O3S/c20-14-8-15(21)10-17(9-14)28-18-2-1-13(11-23)7-19(18)29(26,27)25-6-5-24-16(12-25)3-4-22/h1-2,7-10,16,24H,3-6,12,22H2. The van der Waals surface area contributed by atoms with Gasteiger partial charge in [-0.3, -0.25) is 0 Å². The Kier molecular flexibility index (Phi) is 7.01. The molecule has 2 aromatic carbocycles. The number of nitrogens with zero attached hydrogens (tertiary/aromatic N) is 2. The Morgan fingerprint density at radius 2 is 1.97 bits per heavy atom. The van der Waals surface area contributed by atoms with E-state index in [0.29, 0.717) is 48.4 Å². The van der Waals surface area contributed by atoms with Gasteiger partial charge in [0.2, 0.25) is 10.0 Å². The lowest BCUT2D eigenvalue weighted by molar-refractivity contribution is 0.290. The first-order chi connectivity index (χ1) is 13.8. The number of nitrogens with one attached hydrogen (secondary N) is 1. The van der Waals surface area contributed by atoms with Gasteiger partial charge in [0.05, 0.1) is 11.6 Å². The molecule has 0 amide bonds. The van der Waals surface area contributed by atoms with Crippen LogP contribution in [0.1, 0.15) is 12.0 Å². The van der Waals surface area contributed by atoms with Crippen LogP contribution in [0.4, 0.5) is 0 Å². The van der Waals surface area contributed by atoms with Crippen molar-refractivity contribution in [2.45, 2.75) is 17.4 Å². The van der Waals surface area contributed by atoms with E-state index in [4.69, 9.17) is 33.7 Å². The number of ether oxygens (including phenoxy) is 1. The number of hydrogen-bond donors (Lipinski definition) is 2. The van der Waals surface area contributed by atoms with Gasteiger partial charge in [0.1, 0.15) is 16.4 Å². The minimum absolute atomic E-state index is 0.0289. The summed E-state index contributed by atoms with van der Waals surface area (Å²) in [4.78, 5) is -0.0824. The van der Waals surface area contributed by atoms with Crippen molar-refractivity contribution in [3.05, 3.63) is 52.0 Å². The third kappa shape index (κ3) is 5.20. The number of nitrogens with two attached hydrogens (primary N) is 1. The number of halogens is 2. The van der Waals surface area contributed by atoms with Crippen molar-refractivity contribution in [2.75, 3.05) is 26.2 Å². The van der Waals surface area contributed by atoms with Crippen LogP contribution < -0.4 is 15.8 Å². The van der Waals surface area contributed by atoms with E-state index in [1.54, 1.807) is 6.07 Å². The van der Waals surface area contributed by atoms with Crippen LogP contribution in [0, 0.1) is 11.3 Å². The average Bonchev–Trinajstić information content (AvgIpc) is 2.68. The molecule has 10 heteroatoms. The molecule has 0 aliphatic carbocycles. The Bertz CT molecular complexity index is 1020. The van der Waals surface area contributed by atoms with Crippen molar-refractivity contribution in [3.8, 4) is 17.6 Å². The van der Waals surface area contributed by atoms with E-state index in [1.165, 1.54) is 34.6 Å². The van der Waals surface area contributed by atoms with Gasteiger partial charge >= 0.3 is 0 Å². The molecule has 1 aliphatic rings. The van der Waals surface area contributed by atoms with Gasteiger partial charge in [-0.05, 0) is 49.4 Å². The predicted octanol–water partition coefficient (Wildman–Crippen LogP) is 2.97. The van der Waals surface area contributed by atoms with Gasteiger partial charge in [0.25, 0.3) is 0 Å². The van der Waals surface area contributed by atoms with E-state index in [2.05, 4.69) is 5.32 Å². The van der Waals surface area contributed by atoms with E-state index in [0.717, 1.165) is 0 Å². The first kappa shape index (κ1) is 21.8. The highest BCUT2D eigenvalue weighted by Crippen LogP contribution is 2.34. The summed E-state index contributed by atoms with van der Waals surface area (Å²) in [5.74, 6) is 0.390. The molecule has 1 atom stereocenters. The van der Waals surface area contributed by atoms with Crippen LogP contribution in [-0.2, 0) is 10.0 Å². The van der Waals surface area contributed by atoms with Crippen molar-refractivity contribution in [2.24, 2.45) is 5.73 Å². The highest BCUT2D eigenvalue weighted by molar-refractivity contribution is 7.89. The highest BCUT2D eigenvalue weighted by Gasteiger charge is 2.32. The fraction of sp³-hybridized carbons (Fsp3) is 0.316. The Labute approximate surface area is 180 Å². The predicted molar refractivity (Wildman–Crippen MR) is 112 cm³/mol. The number of nitriles is 1. The van der Waals surface area contributed by atoms with Crippen LogP contribution in [0.15, 0.2) is 41.3 Å². The lowest BCUT2D eigenvalue weighted by atomic mass is 10.2. The lowest BCUT2D eigenvalue weighted by Gasteiger charge is -2.33. The molecule has 1 unspecified atom stereocenters. The zero-order chi connectivity index (χ0) is 21.0. The third-order valence-corrected chi connectivity index (χ3v) is 6.81. The van der Waals surface area contributed by atoms with Crippen LogP contribution >= 0.6 is 23.2 Å². The Morgan fingerprint density at radius 1 is 1.24 bits per heavy atom. The van der Waals surface area contributed by atoms with Crippen molar-refractivity contribution < 1.29 is 13.2 Å². The number of benzene rings is 2. The summed E-state index contributed by atoms with van der Waals surface area (Å²) in [5.41, 5.74) is 5.83. The monoisotopic (exact) mass is 454 g/mol. The first-order valence-corrected chi connectivity index (χ1v) is 11.1. The summed E-state index contributed by atoms with van der Waals surface area (Å²) in [5, 5.41) is 13.2. The van der Waals surface area contributed by atoms with Crippen LogP contribution in [-0.4, -0.2) is 44.9 Å². The molecule has 3 rings (SSSR count). The van der Waals surface area contributed by atoms with E-state index in [9.17, 15) is 13.7 Å². The normalized spacial score (nSPS) is 17.7.